The number of aliphatic carboxylic acids is 2. The van der Waals surface area contributed by atoms with Crippen LogP contribution in [-0.2, 0) is 26.1 Å². The molecule has 174 valence electrons. The molecule has 0 aliphatic heterocycles. The number of hydrogen-bond donors (Lipinski definition) is 0. The monoisotopic (exact) mass is 498 g/mol. The molecule has 0 aliphatic rings. The van der Waals surface area contributed by atoms with Gasteiger partial charge < -0.3 is 30.8 Å². The smallest absolute Gasteiger partial charge is 0.543 e. The zero-order chi connectivity index (χ0) is 21.6. The van der Waals surface area contributed by atoms with Crippen molar-refractivity contribution >= 4 is 11.9 Å². The summed E-state index contributed by atoms with van der Waals surface area (Å²) in [5.41, 5.74) is 0. The minimum Gasteiger partial charge on any atom is -0.543 e. The predicted molar refractivity (Wildman–Crippen MR) is 103 cm³/mol. The summed E-state index contributed by atoms with van der Waals surface area (Å²) in [7, 11) is 0. The van der Waals surface area contributed by atoms with E-state index >= 15 is 0 Å². The molecule has 4 aromatic rings. The van der Waals surface area contributed by atoms with Gasteiger partial charge in [-0.2, -0.15) is 0 Å². The van der Waals surface area contributed by atoms with E-state index < -0.39 is 11.9 Å². The molecule has 14 nitrogen and oxygen atoms in total. The summed E-state index contributed by atoms with van der Waals surface area (Å²) < 4.78 is 0. The Hall–Kier alpha value is -4.33. The van der Waals surface area contributed by atoms with E-state index in [9.17, 15) is 0 Å². The number of aromatic nitrogens is 8. The third kappa shape index (κ3) is 11.6. The average molecular weight is 499 g/mol. The Balaban J connectivity index is 0. The fourth-order valence-corrected chi connectivity index (χ4v) is 1.66. The van der Waals surface area contributed by atoms with E-state index in [2.05, 4.69) is 39.9 Å². The molecule has 4 rings (SSSR count). The molecule has 0 unspecified atom stereocenters. The summed E-state index contributed by atoms with van der Waals surface area (Å²) in [6.07, 6.45) is 13.3. The summed E-state index contributed by atoms with van der Waals surface area (Å²) in [4.78, 5) is 50.0. The first-order chi connectivity index (χ1) is 14.6. The van der Waals surface area contributed by atoms with Crippen molar-refractivity contribution in [2.45, 2.75) is 0 Å². The van der Waals surface area contributed by atoms with Crippen LogP contribution in [0.3, 0.4) is 0 Å². The molecule has 4 heterocycles. The number of rotatable bonds is 2. The van der Waals surface area contributed by atoms with Gasteiger partial charge in [0.05, 0.1) is 11.9 Å². The molecule has 0 atom stereocenters. The van der Waals surface area contributed by atoms with Crippen LogP contribution < -0.4 is 10.2 Å². The van der Waals surface area contributed by atoms with Crippen molar-refractivity contribution in [2.24, 2.45) is 0 Å². The van der Waals surface area contributed by atoms with E-state index in [0.29, 0.717) is 23.3 Å². The van der Waals surface area contributed by atoms with Gasteiger partial charge in [-0.05, 0) is 24.3 Å². The molecule has 15 heteroatoms. The first kappa shape index (κ1) is 30.9. The molecule has 0 amide bonds. The Morgan fingerprint density at radius 1 is 0.455 bits per heavy atom. The number of carboxylic acids is 2. The normalized spacial score (nSPS) is 8.36. The van der Waals surface area contributed by atoms with Crippen LogP contribution in [0.15, 0.2) is 73.8 Å². The molecule has 0 aliphatic carbocycles. The molecular formula is C18H16N8NiO6. The van der Waals surface area contributed by atoms with Gasteiger partial charge in [0.15, 0.2) is 23.3 Å². The second-order valence-corrected chi connectivity index (χ2v) is 4.86. The van der Waals surface area contributed by atoms with Crippen molar-refractivity contribution in [3.8, 4) is 23.3 Å². The van der Waals surface area contributed by atoms with E-state index in [0.717, 1.165) is 0 Å². The second-order valence-electron chi connectivity index (χ2n) is 4.86. The van der Waals surface area contributed by atoms with Gasteiger partial charge >= 0.3 is 16.5 Å². The maximum Gasteiger partial charge on any atom is 2.00 e. The van der Waals surface area contributed by atoms with E-state index in [1.54, 1.807) is 73.8 Å². The first-order valence-electron chi connectivity index (χ1n) is 8.09. The van der Waals surface area contributed by atoms with Gasteiger partial charge in [0.1, 0.15) is 0 Å². The third-order valence-electron chi connectivity index (χ3n) is 2.83. The first-order valence-corrected chi connectivity index (χ1v) is 8.09. The summed E-state index contributed by atoms with van der Waals surface area (Å²) in [5.74, 6) is -2.16. The predicted octanol–water partition coefficient (Wildman–Crippen LogP) is -3.30. The van der Waals surface area contributed by atoms with Gasteiger partial charge in [0.2, 0.25) is 0 Å². The second kappa shape index (κ2) is 17.4. The Bertz CT molecular complexity index is 889. The largest absolute Gasteiger partial charge is 2.00 e. The van der Waals surface area contributed by atoms with Crippen LogP contribution in [0.5, 0.6) is 0 Å². The SMILES string of the molecule is O.O.O=C([O-])C(=O)[O-].[Ni+2].c1cnc(-c2ncccn2)nc1.c1cnc(-c2ncccn2)nc1. The standard InChI is InChI=1S/2C8H6N4.C2H2O4.Ni.2H2O/c2*1-3-9-7(10-4-1)8-11-5-2-6-12-8;3-1(4)2(5)6;;;/h2*1-6H;(H,3,4)(H,5,6);;2*1H2/q;;;+2;;/p-2. The molecule has 0 saturated carbocycles. The molecule has 4 N–H and O–H groups in total. The fraction of sp³-hybridized carbons (Fsp3) is 0. The molecule has 0 saturated heterocycles. The molecular weight excluding hydrogens is 483 g/mol. The van der Waals surface area contributed by atoms with Gasteiger partial charge in [-0.25, -0.2) is 39.9 Å². The summed E-state index contributed by atoms with van der Waals surface area (Å²) in [6, 6.07) is 7.03. The Morgan fingerprint density at radius 3 is 0.727 bits per heavy atom. The molecule has 4 aromatic heterocycles. The molecule has 0 radical (unpaired) electrons. The van der Waals surface area contributed by atoms with E-state index in [1.165, 1.54) is 0 Å². The Kier molecular flexibility index (Phi) is 16.2. The van der Waals surface area contributed by atoms with Crippen LogP contribution in [0, 0.1) is 0 Å². The maximum atomic E-state index is 8.93. The topological polar surface area (TPSA) is 246 Å². The van der Waals surface area contributed by atoms with Crippen molar-refractivity contribution < 1.29 is 47.2 Å². The van der Waals surface area contributed by atoms with Gasteiger partial charge in [-0.15, -0.1) is 0 Å². The number of nitrogens with zero attached hydrogens (tertiary/aromatic N) is 8. The van der Waals surface area contributed by atoms with Crippen molar-refractivity contribution in [3.05, 3.63) is 73.8 Å². The minimum absolute atomic E-state index is 0. The van der Waals surface area contributed by atoms with Gasteiger partial charge in [0.25, 0.3) is 0 Å². The van der Waals surface area contributed by atoms with E-state index in [1.807, 2.05) is 0 Å². The zero-order valence-electron chi connectivity index (χ0n) is 16.5. The molecule has 0 aromatic carbocycles. The fourth-order valence-electron chi connectivity index (χ4n) is 1.66. The molecule has 0 spiro atoms. The van der Waals surface area contributed by atoms with Crippen LogP contribution >= 0.6 is 0 Å². The average Bonchev–Trinajstić information content (AvgIpc) is 2.82. The van der Waals surface area contributed by atoms with Crippen LogP contribution in [0.4, 0.5) is 0 Å². The summed E-state index contributed by atoms with van der Waals surface area (Å²) in [6.45, 7) is 0. The number of hydrogen-bond acceptors (Lipinski definition) is 12. The van der Waals surface area contributed by atoms with Crippen molar-refractivity contribution in [1.82, 2.24) is 39.9 Å². The van der Waals surface area contributed by atoms with Crippen LogP contribution in [0.2, 0.25) is 0 Å². The van der Waals surface area contributed by atoms with Crippen molar-refractivity contribution in [3.63, 3.8) is 0 Å². The number of carbonyl (C=O) groups is 2. The zero-order valence-corrected chi connectivity index (χ0v) is 17.4. The maximum absolute atomic E-state index is 8.93. The van der Waals surface area contributed by atoms with E-state index in [4.69, 9.17) is 19.8 Å². The van der Waals surface area contributed by atoms with E-state index in [-0.39, 0.29) is 27.4 Å². The van der Waals surface area contributed by atoms with Crippen LogP contribution in [-0.4, -0.2) is 62.8 Å². The third-order valence-corrected chi connectivity index (χ3v) is 2.83. The van der Waals surface area contributed by atoms with Crippen molar-refractivity contribution in [1.29, 1.82) is 0 Å². The van der Waals surface area contributed by atoms with Gasteiger partial charge in [0, 0.05) is 49.6 Å². The molecule has 0 fully saturated rings. The Morgan fingerprint density at radius 2 is 0.606 bits per heavy atom. The van der Waals surface area contributed by atoms with Gasteiger partial charge in [-0.3, -0.25) is 0 Å². The molecule has 33 heavy (non-hydrogen) atoms. The van der Waals surface area contributed by atoms with Crippen LogP contribution in [0.25, 0.3) is 23.3 Å². The number of carboxylic acid groups (broad SMARTS) is 2. The molecule has 0 bridgehead atoms. The van der Waals surface area contributed by atoms with Crippen molar-refractivity contribution in [2.75, 3.05) is 0 Å². The summed E-state index contributed by atoms with van der Waals surface area (Å²) in [5, 5.41) is 17.9. The Labute approximate surface area is 196 Å². The van der Waals surface area contributed by atoms with Gasteiger partial charge in [-0.1, -0.05) is 0 Å². The summed E-state index contributed by atoms with van der Waals surface area (Å²) >= 11 is 0. The quantitative estimate of drug-likeness (QED) is 0.194. The minimum atomic E-state index is -2.19. The number of carbonyl (C=O) groups excluding carboxylic acids is 2. The van der Waals surface area contributed by atoms with Crippen LogP contribution in [0.1, 0.15) is 0 Å².